The SMILES string of the molecule is C[C@@H](OC(=O)c1ccccc1[S@](C)=O)C(=O)Nc1ccc(F)c(F)c1. The highest BCUT2D eigenvalue weighted by atomic mass is 32.2. The van der Waals surface area contributed by atoms with Crippen LogP contribution in [0.2, 0.25) is 0 Å². The number of carbonyl (C=O) groups excluding carboxylic acids is 2. The molecule has 0 radical (unpaired) electrons. The van der Waals surface area contributed by atoms with E-state index in [4.69, 9.17) is 4.74 Å². The molecule has 0 bridgehead atoms. The summed E-state index contributed by atoms with van der Waals surface area (Å²) in [4.78, 5) is 24.5. The predicted octanol–water partition coefficient (Wildman–Crippen LogP) is 2.89. The molecule has 0 aromatic heterocycles. The van der Waals surface area contributed by atoms with Crippen molar-refractivity contribution in [2.75, 3.05) is 11.6 Å². The molecule has 0 saturated heterocycles. The Morgan fingerprint density at radius 3 is 2.44 bits per heavy atom. The number of hydrogen-bond donors (Lipinski definition) is 1. The van der Waals surface area contributed by atoms with Gasteiger partial charge in [0.25, 0.3) is 5.91 Å². The van der Waals surface area contributed by atoms with Crippen molar-refractivity contribution in [3.63, 3.8) is 0 Å². The lowest BCUT2D eigenvalue weighted by Crippen LogP contribution is -2.30. The Bertz CT molecular complexity index is 841. The number of esters is 1. The maximum atomic E-state index is 13.1. The first-order chi connectivity index (χ1) is 11.8. The molecule has 0 aliphatic carbocycles. The van der Waals surface area contributed by atoms with Crippen LogP contribution in [0.15, 0.2) is 47.4 Å². The highest BCUT2D eigenvalue weighted by molar-refractivity contribution is 7.84. The normalized spacial score (nSPS) is 13.0. The number of hydrogen-bond acceptors (Lipinski definition) is 4. The van der Waals surface area contributed by atoms with Gasteiger partial charge in [-0.15, -0.1) is 0 Å². The summed E-state index contributed by atoms with van der Waals surface area (Å²) >= 11 is 0. The fourth-order valence-electron chi connectivity index (χ4n) is 1.98. The van der Waals surface area contributed by atoms with Crippen molar-refractivity contribution in [1.82, 2.24) is 0 Å². The maximum absolute atomic E-state index is 13.1. The van der Waals surface area contributed by atoms with E-state index in [-0.39, 0.29) is 11.3 Å². The zero-order chi connectivity index (χ0) is 18.6. The number of rotatable bonds is 5. The Morgan fingerprint density at radius 1 is 1.12 bits per heavy atom. The van der Waals surface area contributed by atoms with Crippen LogP contribution >= 0.6 is 0 Å². The van der Waals surface area contributed by atoms with E-state index in [2.05, 4.69) is 5.32 Å². The van der Waals surface area contributed by atoms with Crippen molar-refractivity contribution < 1.29 is 27.3 Å². The van der Waals surface area contributed by atoms with Crippen LogP contribution in [0, 0.1) is 11.6 Å². The minimum atomic E-state index is -1.40. The molecular formula is C17H15F2NO4S. The number of anilines is 1. The maximum Gasteiger partial charge on any atom is 0.340 e. The van der Waals surface area contributed by atoms with Gasteiger partial charge in [0.1, 0.15) is 0 Å². The Labute approximate surface area is 145 Å². The molecule has 0 unspecified atom stereocenters. The van der Waals surface area contributed by atoms with Gasteiger partial charge >= 0.3 is 5.97 Å². The first kappa shape index (κ1) is 18.7. The second-order valence-corrected chi connectivity index (χ2v) is 6.46. The van der Waals surface area contributed by atoms with E-state index in [1.807, 2.05) is 0 Å². The van der Waals surface area contributed by atoms with Crippen molar-refractivity contribution in [3.05, 3.63) is 59.7 Å². The first-order valence-corrected chi connectivity index (χ1v) is 8.74. The molecule has 1 amide bonds. The summed E-state index contributed by atoms with van der Waals surface area (Å²) in [5, 5.41) is 2.32. The van der Waals surface area contributed by atoms with Crippen LogP contribution in [-0.4, -0.2) is 28.4 Å². The van der Waals surface area contributed by atoms with Crippen LogP contribution in [0.1, 0.15) is 17.3 Å². The third-order valence-corrected chi connectivity index (χ3v) is 4.23. The van der Waals surface area contributed by atoms with Crippen molar-refractivity contribution in [2.45, 2.75) is 17.9 Å². The van der Waals surface area contributed by atoms with E-state index in [1.165, 1.54) is 31.4 Å². The average molecular weight is 367 g/mol. The molecule has 2 aromatic rings. The molecule has 8 heteroatoms. The number of amides is 1. The van der Waals surface area contributed by atoms with Crippen molar-refractivity contribution >= 4 is 28.4 Å². The Balaban J connectivity index is 2.07. The highest BCUT2D eigenvalue weighted by Gasteiger charge is 2.22. The van der Waals surface area contributed by atoms with Gasteiger partial charge in [-0.1, -0.05) is 12.1 Å². The lowest BCUT2D eigenvalue weighted by atomic mass is 10.2. The average Bonchev–Trinajstić information content (AvgIpc) is 2.58. The summed E-state index contributed by atoms with van der Waals surface area (Å²) in [5.41, 5.74) is 0.123. The molecule has 0 saturated carbocycles. The molecular weight excluding hydrogens is 352 g/mol. The van der Waals surface area contributed by atoms with E-state index in [0.29, 0.717) is 4.90 Å². The molecule has 1 N–H and O–H groups in total. The van der Waals surface area contributed by atoms with Gasteiger partial charge in [0.05, 0.1) is 21.3 Å². The summed E-state index contributed by atoms with van der Waals surface area (Å²) < 4.78 is 42.7. The van der Waals surface area contributed by atoms with Crippen LogP contribution < -0.4 is 5.32 Å². The molecule has 0 aliphatic rings. The van der Waals surface area contributed by atoms with E-state index < -0.39 is 40.4 Å². The zero-order valence-corrected chi connectivity index (χ0v) is 14.2. The molecule has 132 valence electrons. The lowest BCUT2D eigenvalue weighted by Gasteiger charge is -2.14. The lowest BCUT2D eigenvalue weighted by molar-refractivity contribution is -0.123. The third-order valence-electron chi connectivity index (χ3n) is 3.26. The van der Waals surface area contributed by atoms with Crippen LogP contribution in [-0.2, 0) is 20.3 Å². The molecule has 0 fully saturated rings. The van der Waals surface area contributed by atoms with Gasteiger partial charge in [0, 0.05) is 18.0 Å². The highest BCUT2D eigenvalue weighted by Crippen LogP contribution is 2.16. The van der Waals surface area contributed by atoms with Gasteiger partial charge in [0.2, 0.25) is 0 Å². The molecule has 5 nitrogen and oxygen atoms in total. The fourth-order valence-corrected chi connectivity index (χ4v) is 2.71. The second-order valence-electron chi connectivity index (χ2n) is 5.12. The van der Waals surface area contributed by atoms with Crippen molar-refractivity contribution in [3.8, 4) is 0 Å². The van der Waals surface area contributed by atoms with Gasteiger partial charge < -0.3 is 10.1 Å². The molecule has 0 aliphatic heterocycles. The molecule has 0 spiro atoms. The molecule has 0 heterocycles. The van der Waals surface area contributed by atoms with Crippen LogP contribution in [0.25, 0.3) is 0 Å². The number of benzene rings is 2. The van der Waals surface area contributed by atoms with Crippen LogP contribution in [0.4, 0.5) is 14.5 Å². The first-order valence-electron chi connectivity index (χ1n) is 7.19. The summed E-state index contributed by atoms with van der Waals surface area (Å²) in [6, 6.07) is 9.05. The number of halogens is 2. The monoisotopic (exact) mass is 367 g/mol. The Kier molecular flexibility index (Phi) is 5.97. The summed E-state index contributed by atoms with van der Waals surface area (Å²) in [5.74, 6) is -3.67. The van der Waals surface area contributed by atoms with E-state index in [1.54, 1.807) is 12.1 Å². The minimum Gasteiger partial charge on any atom is -0.449 e. The van der Waals surface area contributed by atoms with Gasteiger partial charge in [-0.05, 0) is 31.2 Å². The van der Waals surface area contributed by atoms with E-state index >= 15 is 0 Å². The van der Waals surface area contributed by atoms with E-state index in [0.717, 1.165) is 12.1 Å². The smallest absolute Gasteiger partial charge is 0.340 e. The minimum absolute atomic E-state index is 0.0295. The second kappa shape index (κ2) is 7.98. The zero-order valence-electron chi connectivity index (χ0n) is 13.4. The summed E-state index contributed by atoms with van der Waals surface area (Å²) in [7, 11) is -1.40. The van der Waals surface area contributed by atoms with Gasteiger partial charge in [-0.25, -0.2) is 13.6 Å². The van der Waals surface area contributed by atoms with Gasteiger partial charge in [0.15, 0.2) is 17.7 Å². The quantitative estimate of drug-likeness (QED) is 0.825. The van der Waals surface area contributed by atoms with Crippen LogP contribution in [0.5, 0.6) is 0 Å². The Morgan fingerprint density at radius 2 is 1.80 bits per heavy atom. The van der Waals surface area contributed by atoms with E-state index in [9.17, 15) is 22.6 Å². The van der Waals surface area contributed by atoms with Gasteiger partial charge in [-0.3, -0.25) is 9.00 Å². The summed E-state index contributed by atoms with van der Waals surface area (Å²) in [6.07, 6.45) is 0.227. The standard InChI is InChI=1S/C17H15F2NO4S/c1-10(16(21)20-11-7-8-13(18)14(19)9-11)24-17(22)12-5-3-4-6-15(12)25(2)23/h3-10H,1-2H3,(H,20,21)/t10-,25+/m1/s1. The van der Waals surface area contributed by atoms with Crippen molar-refractivity contribution in [1.29, 1.82) is 0 Å². The number of carbonyl (C=O) groups is 2. The summed E-state index contributed by atoms with van der Waals surface area (Å²) in [6.45, 7) is 1.33. The Hall–Kier alpha value is -2.61. The molecule has 25 heavy (non-hydrogen) atoms. The molecule has 2 aromatic carbocycles. The van der Waals surface area contributed by atoms with Crippen molar-refractivity contribution in [2.24, 2.45) is 0 Å². The fraction of sp³-hybridized carbons (Fsp3) is 0.176. The number of nitrogens with one attached hydrogen (secondary N) is 1. The predicted molar refractivity (Wildman–Crippen MR) is 88.6 cm³/mol. The molecule has 2 rings (SSSR count). The van der Waals surface area contributed by atoms with Gasteiger partial charge in [-0.2, -0.15) is 0 Å². The number of ether oxygens (including phenoxy) is 1. The third kappa shape index (κ3) is 4.69. The largest absolute Gasteiger partial charge is 0.449 e. The molecule has 2 atom stereocenters. The van der Waals surface area contributed by atoms with Crippen LogP contribution in [0.3, 0.4) is 0 Å². The topological polar surface area (TPSA) is 72.5 Å².